The molecule has 3 heterocycles. The van der Waals surface area contributed by atoms with Gasteiger partial charge in [0.1, 0.15) is 4.83 Å². The van der Waals surface area contributed by atoms with Crippen molar-refractivity contribution in [3.63, 3.8) is 0 Å². The number of fused-ring (bicyclic) bond motifs is 11. The van der Waals surface area contributed by atoms with Crippen LogP contribution >= 0.6 is 11.3 Å². The second kappa shape index (κ2) is 12.2. The zero-order valence-corrected chi connectivity index (χ0v) is 31.0. The van der Waals surface area contributed by atoms with Crippen LogP contribution in [0.1, 0.15) is 0 Å². The van der Waals surface area contributed by atoms with E-state index < -0.39 is 0 Å². The zero-order valence-electron chi connectivity index (χ0n) is 30.1. The molecule has 9 aromatic carbocycles. The van der Waals surface area contributed by atoms with E-state index in [9.17, 15) is 0 Å². The summed E-state index contributed by atoms with van der Waals surface area (Å²) in [5.41, 5.74) is 9.03. The first-order chi connectivity index (χ1) is 27.7. The molecule has 3 aromatic heterocycles. The Hall–Kier alpha value is -7.14. The summed E-state index contributed by atoms with van der Waals surface area (Å²) in [6.45, 7) is 0. The average Bonchev–Trinajstić information content (AvgIpc) is 3.82. The van der Waals surface area contributed by atoms with E-state index in [1.54, 1.807) is 11.3 Å². The molecule has 56 heavy (non-hydrogen) atoms. The van der Waals surface area contributed by atoms with Gasteiger partial charge in [0.2, 0.25) is 5.95 Å². The Bertz CT molecular complexity index is 3430. The van der Waals surface area contributed by atoms with E-state index in [1.807, 2.05) is 0 Å². The standard InChI is InChI=1S/C52H31N3S/c1-2-10-32(11-3-1)34-18-20-35(21-19-34)39-24-27-43-46(31-39)56-51-49(43)50(40-23-22-33-12-4-5-15-38(33)30-40)53-52(54-51)55-44-28-25-36-13-6-8-16-41(36)47(44)48-42-17-9-7-14-37(42)26-29-45(48)55/h1-31H. The molecule has 0 bridgehead atoms. The van der Waals surface area contributed by atoms with Gasteiger partial charge in [-0.2, -0.15) is 0 Å². The molecule has 0 amide bonds. The summed E-state index contributed by atoms with van der Waals surface area (Å²) in [5.74, 6) is 0.675. The molecule has 0 aliphatic carbocycles. The van der Waals surface area contributed by atoms with Gasteiger partial charge in [0, 0.05) is 31.8 Å². The Balaban J connectivity index is 1.13. The number of nitrogens with zero attached hydrogens (tertiary/aromatic N) is 3. The maximum Gasteiger partial charge on any atom is 0.236 e. The summed E-state index contributed by atoms with van der Waals surface area (Å²) in [6, 6.07) is 67.9. The summed E-state index contributed by atoms with van der Waals surface area (Å²) < 4.78 is 3.48. The Morgan fingerprint density at radius 3 is 1.59 bits per heavy atom. The zero-order chi connectivity index (χ0) is 36.7. The second-order valence-electron chi connectivity index (χ2n) is 14.6. The van der Waals surface area contributed by atoms with Gasteiger partial charge in [0.15, 0.2) is 0 Å². The summed E-state index contributed by atoms with van der Waals surface area (Å²) in [5, 5.41) is 12.0. The van der Waals surface area contributed by atoms with Crippen molar-refractivity contribution in [2.75, 3.05) is 0 Å². The maximum atomic E-state index is 5.58. The Labute approximate surface area is 326 Å². The predicted molar refractivity (Wildman–Crippen MR) is 238 cm³/mol. The third kappa shape index (κ3) is 4.76. The van der Waals surface area contributed by atoms with Crippen molar-refractivity contribution in [1.29, 1.82) is 0 Å². The lowest BCUT2D eigenvalue weighted by molar-refractivity contribution is 1.02. The van der Waals surface area contributed by atoms with Gasteiger partial charge in [-0.15, -0.1) is 11.3 Å². The first-order valence-electron chi connectivity index (χ1n) is 19.0. The molecule has 3 nitrogen and oxygen atoms in total. The molecule has 12 aromatic rings. The Morgan fingerprint density at radius 1 is 0.357 bits per heavy atom. The Kier molecular flexibility index (Phi) is 6.80. The van der Waals surface area contributed by atoms with Crippen LogP contribution in [0.15, 0.2) is 188 Å². The van der Waals surface area contributed by atoms with E-state index in [4.69, 9.17) is 9.97 Å². The number of aromatic nitrogens is 3. The quantitative estimate of drug-likeness (QED) is 0.181. The first-order valence-corrected chi connectivity index (χ1v) is 19.8. The first kappa shape index (κ1) is 31.2. The normalized spacial score (nSPS) is 11.9. The lowest BCUT2D eigenvalue weighted by Crippen LogP contribution is -2.02. The molecule has 0 saturated carbocycles. The van der Waals surface area contributed by atoms with Crippen molar-refractivity contribution in [3.8, 4) is 39.5 Å². The van der Waals surface area contributed by atoms with Crippen LogP contribution in [0, 0.1) is 0 Å². The summed E-state index contributed by atoms with van der Waals surface area (Å²) >= 11 is 1.75. The van der Waals surface area contributed by atoms with Gasteiger partial charge >= 0.3 is 0 Å². The highest BCUT2D eigenvalue weighted by atomic mass is 32.1. The van der Waals surface area contributed by atoms with Gasteiger partial charge in [-0.1, -0.05) is 164 Å². The van der Waals surface area contributed by atoms with Crippen LogP contribution in [0.25, 0.3) is 114 Å². The molecular formula is C52H31N3S. The molecule has 0 saturated heterocycles. The average molecular weight is 730 g/mol. The largest absolute Gasteiger partial charge is 0.278 e. The monoisotopic (exact) mass is 729 g/mol. The fourth-order valence-electron chi connectivity index (χ4n) is 8.74. The van der Waals surface area contributed by atoms with Crippen molar-refractivity contribution in [1.82, 2.24) is 14.5 Å². The lowest BCUT2D eigenvalue weighted by atomic mass is 9.99. The summed E-state index contributed by atoms with van der Waals surface area (Å²) in [7, 11) is 0. The van der Waals surface area contributed by atoms with Crippen LogP contribution in [-0.2, 0) is 0 Å². The molecule has 0 fully saturated rings. The van der Waals surface area contributed by atoms with Gasteiger partial charge in [-0.3, -0.25) is 4.57 Å². The van der Waals surface area contributed by atoms with Crippen molar-refractivity contribution in [2.24, 2.45) is 0 Å². The van der Waals surface area contributed by atoms with E-state index in [2.05, 4.69) is 193 Å². The molecule has 0 aliphatic rings. The highest BCUT2D eigenvalue weighted by Gasteiger charge is 2.22. The molecule has 0 N–H and O–H groups in total. The van der Waals surface area contributed by atoms with Crippen molar-refractivity contribution in [3.05, 3.63) is 188 Å². The number of hydrogen-bond acceptors (Lipinski definition) is 3. The van der Waals surface area contributed by atoms with E-state index >= 15 is 0 Å². The minimum atomic E-state index is 0.675. The maximum absolute atomic E-state index is 5.58. The molecule has 4 heteroatoms. The van der Waals surface area contributed by atoms with Crippen LogP contribution < -0.4 is 0 Å². The van der Waals surface area contributed by atoms with E-state index in [-0.39, 0.29) is 0 Å². The minimum absolute atomic E-state index is 0.675. The van der Waals surface area contributed by atoms with Crippen LogP contribution in [-0.4, -0.2) is 14.5 Å². The minimum Gasteiger partial charge on any atom is -0.278 e. The summed E-state index contributed by atoms with van der Waals surface area (Å²) in [4.78, 5) is 12.0. The third-order valence-electron chi connectivity index (χ3n) is 11.4. The third-order valence-corrected chi connectivity index (χ3v) is 12.5. The molecule has 260 valence electrons. The van der Waals surface area contributed by atoms with Crippen LogP contribution in [0.2, 0.25) is 0 Å². The van der Waals surface area contributed by atoms with Gasteiger partial charge in [0.25, 0.3) is 0 Å². The van der Waals surface area contributed by atoms with Crippen LogP contribution in [0.4, 0.5) is 0 Å². The predicted octanol–water partition coefficient (Wildman–Crippen LogP) is 14.4. The number of hydrogen-bond donors (Lipinski definition) is 0. The van der Waals surface area contributed by atoms with Crippen molar-refractivity contribution >= 4 is 85.8 Å². The van der Waals surface area contributed by atoms with Crippen molar-refractivity contribution < 1.29 is 0 Å². The number of rotatable bonds is 4. The van der Waals surface area contributed by atoms with Gasteiger partial charge in [0.05, 0.1) is 16.7 Å². The van der Waals surface area contributed by atoms with Gasteiger partial charge in [-0.05, 0) is 78.8 Å². The molecule has 0 radical (unpaired) electrons. The van der Waals surface area contributed by atoms with Crippen LogP contribution in [0.5, 0.6) is 0 Å². The molecule has 0 atom stereocenters. The molecule has 0 spiro atoms. The second-order valence-corrected chi connectivity index (χ2v) is 15.6. The molecule has 0 aliphatic heterocycles. The van der Waals surface area contributed by atoms with Crippen LogP contribution in [0.3, 0.4) is 0 Å². The van der Waals surface area contributed by atoms with Crippen molar-refractivity contribution in [2.45, 2.75) is 0 Å². The van der Waals surface area contributed by atoms with E-state index in [0.717, 1.165) is 32.5 Å². The fraction of sp³-hybridized carbons (Fsp3) is 0. The fourth-order valence-corrected chi connectivity index (χ4v) is 9.85. The lowest BCUT2D eigenvalue weighted by Gasteiger charge is -2.11. The van der Waals surface area contributed by atoms with Gasteiger partial charge in [-0.25, -0.2) is 9.97 Å². The summed E-state index contributed by atoms with van der Waals surface area (Å²) in [6.07, 6.45) is 0. The Morgan fingerprint density at radius 2 is 0.893 bits per heavy atom. The van der Waals surface area contributed by atoms with E-state index in [1.165, 1.54) is 75.4 Å². The SMILES string of the molecule is c1ccc(-c2ccc(-c3ccc4c(c3)sc3nc(-n5c6ccc7ccccc7c6c6c7ccccc7ccc65)nc(-c5ccc6ccccc6c5)c34)cc2)cc1. The number of thiophene rings is 1. The van der Waals surface area contributed by atoms with Gasteiger partial charge < -0.3 is 0 Å². The van der Waals surface area contributed by atoms with E-state index in [0.29, 0.717) is 5.95 Å². The molecule has 0 unspecified atom stereocenters. The molecular weight excluding hydrogens is 699 g/mol. The smallest absolute Gasteiger partial charge is 0.236 e. The number of benzene rings is 9. The molecule has 12 rings (SSSR count). The highest BCUT2D eigenvalue weighted by molar-refractivity contribution is 7.25. The topological polar surface area (TPSA) is 30.7 Å². The highest BCUT2D eigenvalue weighted by Crippen LogP contribution is 2.44.